The molecule has 1 heterocycles. The summed E-state index contributed by atoms with van der Waals surface area (Å²) in [5.74, 6) is 0. The van der Waals surface area contributed by atoms with Crippen LogP contribution in [0.5, 0.6) is 0 Å². The molecule has 86 valence electrons. The molecule has 0 amide bonds. The first-order valence-electron chi connectivity index (χ1n) is 5.62. The molecule has 0 aromatic rings. The molecular formula is C11H22N2OSi. The molecule has 15 heavy (non-hydrogen) atoms. The maximum atomic E-state index is 8.79. The third kappa shape index (κ3) is 3.30. The molecule has 3 nitrogen and oxygen atoms in total. The van der Waals surface area contributed by atoms with Crippen molar-refractivity contribution in [2.45, 2.75) is 64.3 Å². The number of rotatable bonds is 3. The Morgan fingerprint density at radius 2 is 2.07 bits per heavy atom. The van der Waals surface area contributed by atoms with E-state index in [2.05, 4.69) is 44.6 Å². The molecule has 0 aromatic heterocycles. The van der Waals surface area contributed by atoms with Crippen molar-refractivity contribution in [1.29, 1.82) is 5.26 Å². The van der Waals surface area contributed by atoms with E-state index in [1.807, 2.05) is 0 Å². The van der Waals surface area contributed by atoms with Crippen LogP contribution in [0.3, 0.4) is 0 Å². The molecule has 1 saturated heterocycles. The summed E-state index contributed by atoms with van der Waals surface area (Å²) >= 11 is 0. The van der Waals surface area contributed by atoms with Gasteiger partial charge in [0.1, 0.15) is 0 Å². The molecule has 0 saturated carbocycles. The molecule has 1 rings (SSSR count). The predicted molar refractivity (Wildman–Crippen MR) is 63.6 cm³/mol. The predicted octanol–water partition coefficient (Wildman–Crippen LogP) is 2.91. The fraction of sp³-hybridized carbons (Fsp3) is 0.909. The quantitative estimate of drug-likeness (QED) is 0.694. The SMILES string of the molecule is CC1(C)CCC(CC#N)N1O[Si](C)(C)C. The minimum Gasteiger partial charge on any atom is -0.342 e. The first-order chi connectivity index (χ1) is 6.76. The van der Waals surface area contributed by atoms with E-state index in [4.69, 9.17) is 9.79 Å². The molecule has 0 aromatic carbocycles. The zero-order chi connectivity index (χ0) is 11.7. The first-order valence-corrected chi connectivity index (χ1v) is 9.02. The molecular weight excluding hydrogens is 204 g/mol. The van der Waals surface area contributed by atoms with Gasteiger partial charge < -0.3 is 4.53 Å². The maximum Gasteiger partial charge on any atom is 0.212 e. The van der Waals surface area contributed by atoms with Crippen LogP contribution in [-0.4, -0.2) is 25.0 Å². The van der Waals surface area contributed by atoms with Crippen LogP contribution in [0.1, 0.15) is 33.1 Å². The zero-order valence-electron chi connectivity index (χ0n) is 10.5. The average Bonchev–Trinajstić information content (AvgIpc) is 2.30. The fourth-order valence-electron chi connectivity index (χ4n) is 2.03. The van der Waals surface area contributed by atoms with Crippen molar-refractivity contribution in [1.82, 2.24) is 5.06 Å². The van der Waals surface area contributed by atoms with E-state index in [-0.39, 0.29) is 11.6 Å². The molecule has 1 atom stereocenters. The van der Waals surface area contributed by atoms with Gasteiger partial charge in [0.15, 0.2) is 0 Å². The maximum absolute atomic E-state index is 8.79. The van der Waals surface area contributed by atoms with Crippen molar-refractivity contribution in [3.05, 3.63) is 0 Å². The van der Waals surface area contributed by atoms with Crippen molar-refractivity contribution in [2.75, 3.05) is 0 Å². The minimum atomic E-state index is -1.57. The van der Waals surface area contributed by atoms with Crippen LogP contribution in [0.25, 0.3) is 0 Å². The summed E-state index contributed by atoms with van der Waals surface area (Å²) in [6, 6.07) is 2.55. The molecule has 1 unspecified atom stereocenters. The van der Waals surface area contributed by atoms with Crippen LogP contribution in [0.2, 0.25) is 19.6 Å². The lowest BCUT2D eigenvalue weighted by Crippen LogP contribution is -2.48. The van der Waals surface area contributed by atoms with Crippen molar-refractivity contribution >= 4 is 8.32 Å². The third-order valence-corrected chi connectivity index (χ3v) is 3.46. The summed E-state index contributed by atoms with van der Waals surface area (Å²) in [4.78, 5) is 0. The van der Waals surface area contributed by atoms with Gasteiger partial charge in [-0.1, -0.05) is 0 Å². The summed E-state index contributed by atoms with van der Waals surface area (Å²) in [7, 11) is -1.57. The van der Waals surface area contributed by atoms with Gasteiger partial charge in [-0.05, 0) is 46.3 Å². The van der Waals surface area contributed by atoms with E-state index in [0.29, 0.717) is 6.42 Å². The van der Waals surface area contributed by atoms with Crippen LogP contribution >= 0.6 is 0 Å². The number of hydroxylamine groups is 2. The Kier molecular flexibility index (Phi) is 3.59. The number of hydrogen-bond acceptors (Lipinski definition) is 3. The summed E-state index contributed by atoms with van der Waals surface area (Å²) in [5.41, 5.74) is 0.0851. The van der Waals surface area contributed by atoms with Crippen molar-refractivity contribution in [3.63, 3.8) is 0 Å². The highest BCUT2D eigenvalue weighted by Gasteiger charge is 2.42. The number of hydrogen-bond donors (Lipinski definition) is 0. The van der Waals surface area contributed by atoms with Gasteiger partial charge in [-0.15, -0.1) is 0 Å². The van der Waals surface area contributed by atoms with Crippen LogP contribution in [0.4, 0.5) is 0 Å². The Labute approximate surface area is 94.1 Å². The largest absolute Gasteiger partial charge is 0.342 e. The van der Waals surface area contributed by atoms with Gasteiger partial charge in [0.2, 0.25) is 8.32 Å². The highest BCUT2D eigenvalue weighted by Crippen LogP contribution is 2.36. The van der Waals surface area contributed by atoms with Crippen molar-refractivity contribution < 1.29 is 4.53 Å². The Bertz CT molecular complexity index is 265. The monoisotopic (exact) mass is 226 g/mol. The summed E-state index contributed by atoms with van der Waals surface area (Å²) in [5, 5.41) is 10.9. The topological polar surface area (TPSA) is 36.3 Å². The molecule has 1 fully saturated rings. The van der Waals surface area contributed by atoms with E-state index in [1.165, 1.54) is 0 Å². The highest BCUT2D eigenvalue weighted by atomic mass is 28.4. The Morgan fingerprint density at radius 3 is 2.53 bits per heavy atom. The standard InChI is InChI=1S/C11H22N2OSi/c1-11(2)8-6-10(7-9-12)13(11)14-15(3,4)5/h10H,6-8H2,1-5H3. The third-order valence-electron chi connectivity index (χ3n) is 2.72. The van der Waals surface area contributed by atoms with E-state index < -0.39 is 8.32 Å². The normalized spacial score (nSPS) is 26.5. The van der Waals surface area contributed by atoms with Crippen LogP contribution in [0, 0.1) is 11.3 Å². The van der Waals surface area contributed by atoms with E-state index >= 15 is 0 Å². The molecule has 0 bridgehead atoms. The lowest BCUT2D eigenvalue weighted by atomic mass is 10.0. The second-order valence-electron chi connectivity index (χ2n) is 5.90. The Balaban J connectivity index is 2.74. The highest BCUT2D eigenvalue weighted by molar-refractivity contribution is 6.69. The molecule has 0 aliphatic carbocycles. The van der Waals surface area contributed by atoms with Gasteiger partial charge in [0.05, 0.1) is 12.5 Å². The molecule has 4 heteroatoms. The summed E-state index contributed by atoms with van der Waals surface area (Å²) in [6.45, 7) is 11.0. The molecule has 0 N–H and O–H groups in total. The smallest absolute Gasteiger partial charge is 0.212 e. The average molecular weight is 226 g/mol. The van der Waals surface area contributed by atoms with Gasteiger partial charge >= 0.3 is 0 Å². The molecule has 1 aliphatic heterocycles. The lowest BCUT2D eigenvalue weighted by molar-refractivity contribution is -0.142. The van der Waals surface area contributed by atoms with Gasteiger partial charge in [0, 0.05) is 11.6 Å². The number of nitriles is 1. The zero-order valence-corrected chi connectivity index (χ0v) is 11.5. The fourth-order valence-corrected chi connectivity index (χ4v) is 3.01. The van der Waals surface area contributed by atoms with Crippen molar-refractivity contribution in [2.24, 2.45) is 0 Å². The van der Waals surface area contributed by atoms with Gasteiger partial charge in [-0.3, -0.25) is 0 Å². The van der Waals surface area contributed by atoms with Crippen LogP contribution < -0.4 is 0 Å². The number of nitrogens with zero attached hydrogens (tertiary/aromatic N) is 2. The van der Waals surface area contributed by atoms with Crippen LogP contribution in [0.15, 0.2) is 0 Å². The van der Waals surface area contributed by atoms with E-state index in [0.717, 1.165) is 12.8 Å². The van der Waals surface area contributed by atoms with Gasteiger partial charge in [-0.2, -0.15) is 10.3 Å². The minimum absolute atomic E-state index is 0.0851. The summed E-state index contributed by atoms with van der Waals surface area (Å²) < 4.78 is 6.10. The Morgan fingerprint density at radius 1 is 1.47 bits per heavy atom. The second kappa shape index (κ2) is 4.24. The lowest BCUT2D eigenvalue weighted by Gasteiger charge is -2.38. The first kappa shape index (κ1) is 12.7. The van der Waals surface area contributed by atoms with Gasteiger partial charge in [0.25, 0.3) is 0 Å². The van der Waals surface area contributed by atoms with Crippen molar-refractivity contribution in [3.8, 4) is 6.07 Å². The van der Waals surface area contributed by atoms with E-state index in [9.17, 15) is 0 Å². The second-order valence-corrected chi connectivity index (χ2v) is 10.3. The van der Waals surface area contributed by atoms with Crippen LogP contribution in [-0.2, 0) is 4.53 Å². The molecule has 0 radical (unpaired) electrons. The Hall–Kier alpha value is -0.373. The molecule has 0 spiro atoms. The van der Waals surface area contributed by atoms with E-state index in [1.54, 1.807) is 0 Å². The van der Waals surface area contributed by atoms with Gasteiger partial charge in [-0.25, -0.2) is 0 Å². The summed E-state index contributed by atoms with van der Waals surface area (Å²) in [6.07, 6.45) is 2.77. The molecule has 1 aliphatic rings.